The second-order valence-electron chi connectivity index (χ2n) is 3.99. The lowest BCUT2D eigenvalue weighted by molar-refractivity contribution is 0.0697. The number of aryl methyl sites for hydroxylation is 1. The third kappa shape index (κ3) is 2.47. The lowest BCUT2D eigenvalue weighted by Crippen LogP contribution is -2.15. The molecule has 0 unspecified atom stereocenters. The molecule has 6 heteroatoms. The number of hydrogen-bond donors (Lipinski definition) is 2. The maximum absolute atomic E-state index is 11.3. The Kier molecular flexibility index (Phi) is 3.33. The standard InChI is InChI=1S/C13H12N2O4/c1-7-3-4-10(19-2)8(5-7)11-9(12(16)17)6-14-13(18)15-11/h3-6H,1-2H3,(H,16,17)(H,14,15,18). The van der Waals surface area contributed by atoms with E-state index >= 15 is 0 Å². The van der Waals surface area contributed by atoms with E-state index in [0.717, 1.165) is 11.8 Å². The number of carbonyl (C=O) groups is 1. The van der Waals surface area contributed by atoms with E-state index in [9.17, 15) is 9.59 Å². The van der Waals surface area contributed by atoms with E-state index < -0.39 is 11.7 Å². The topological polar surface area (TPSA) is 92.3 Å². The van der Waals surface area contributed by atoms with E-state index in [1.807, 2.05) is 13.0 Å². The van der Waals surface area contributed by atoms with Crippen molar-refractivity contribution in [2.75, 3.05) is 7.11 Å². The molecule has 1 heterocycles. The Morgan fingerprint density at radius 2 is 2.16 bits per heavy atom. The van der Waals surface area contributed by atoms with Gasteiger partial charge in [0.1, 0.15) is 11.3 Å². The van der Waals surface area contributed by atoms with Gasteiger partial charge in [0.05, 0.1) is 12.8 Å². The van der Waals surface area contributed by atoms with Crippen molar-refractivity contribution in [2.45, 2.75) is 6.92 Å². The summed E-state index contributed by atoms with van der Waals surface area (Å²) in [4.78, 5) is 28.4. The van der Waals surface area contributed by atoms with Crippen molar-refractivity contribution in [3.05, 3.63) is 46.0 Å². The van der Waals surface area contributed by atoms with E-state index in [-0.39, 0.29) is 11.3 Å². The first kappa shape index (κ1) is 12.8. The number of H-pyrrole nitrogens is 1. The van der Waals surface area contributed by atoms with Gasteiger partial charge in [-0.3, -0.25) is 0 Å². The molecule has 0 aliphatic heterocycles. The molecule has 0 saturated carbocycles. The van der Waals surface area contributed by atoms with E-state index in [4.69, 9.17) is 9.84 Å². The summed E-state index contributed by atoms with van der Waals surface area (Å²) in [7, 11) is 1.48. The lowest BCUT2D eigenvalue weighted by Gasteiger charge is -2.11. The summed E-state index contributed by atoms with van der Waals surface area (Å²) in [5.74, 6) is -0.683. The number of ether oxygens (including phenoxy) is 1. The van der Waals surface area contributed by atoms with Crippen LogP contribution >= 0.6 is 0 Å². The van der Waals surface area contributed by atoms with Gasteiger partial charge in [-0.05, 0) is 19.1 Å². The zero-order valence-electron chi connectivity index (χ0n) is 10.4. The van der Waals surface area contributed by atoms with Crippen LogP contribution in [0, 0.1) is 6.92 Å². The molecule has 0 spiro atoms. The molecule has 1 aromatic carbocycles. The maximum Gasteiger partial charge on any atom is 0.345 e. The van der Waals surface area contributed by atoms with Gasteiger partial charge in [-0.2, -0.15) is 0 Å². The van der Waals surface area contributed by atoms with Crippen LogP contribution in [0.5, 0.6) is 5.75 Å². The normalized spacial score (nSPS) is 10.2. The minimum Gasteiger partial charge on any atom is -0.496 e. The smallest absolute Gasteiger partial charge is 0.345 e. The summed E-state index contributed by atoms with van der Waals surface area (Å²) < 4.78 is 5.19. The minimum absolute atomic E-state index is 0.0801. The van der Waals surface area contributed by atoms with Crippen LogP contribution in [0.15, 0.2) is 29.2 Å². The molecule has 2 rings (SSSR count). The highest BCUT2D eigenvalue weighted by atomic mass is 16.5. The Balaban J connectivity index is 2.77. The fraction of sp³-hybridized carbons (Fsp3) is 0.154. The highest BCUT2D eigenvalue weighted by Crippen LogP contribution is 2.30. The number of methoxy groups -OCH3 is 1. The van der Waals surface area contributed by atoms with E-state index in [1.165, 1.54) is 7.11 Å². The quantitative estimate of drug-likeness (QED) is 0.871. The fourth-order valence-electron chi connectivity index (χ4n) is 1.79. The zero-order chi connectivity index (χ0) is 14.0. The van der Waals surface area contributed by atoms with E-state index in [1.54, 1.807) is 12.1 Å². The Morgan fingerprint density at radius 3 is 2.79 bits per heavy atom. The molecular formula is C13H12N2O4. The molecule has 19 heavy (non-hydrogen) atoms. The average molecular weight is 260 g/mol. The van der Waals surface area contributed by atoms with Crippen LogP contribution in [-0.4, -0.2) is 28.2 Å². The second kappa shape index (κ2) is 4.93. The third-order valence-corrected chi connectivity index (χ3v) is 2.67. The first-order chi connectivity index (χ1) is 9.02. The minimum atomic E-state index is -1.16. The SMILES string of the molecule is COc1ccc(C)cc1-c1[nH]c(=O)ncc1C(=O)O. The molecule has 0 aliphatic carbocycles. The summed E-state index contributed by atoms with van der Waals surface area (Å²) in [6.45, 7) is 1.86. The van der Waals surface area contributed by atoms with Crippen molar-refractivity contribution in [2.24, 2.45) is 0 Å². The van der Waals surface area contributed by atoms with Gasteiger partial charge in [-0.15, -0.1) is 0 Å². The second-order valence-corrected chi connectivity index (χ2v) is 3.99. The third-order valence-electron chi connectivity index (χ3n) is 2.67. The highest BCUT2D eigenvalue weighted by molar-refractivity contribution is 5.95. The maximum atomic E-state index is 11.3. The molecule has 0 aliphatic rings. The molecular weight excluding hydrogens is 248 g/mol. The van der Waals surface area contributed by atoms with Crippen molar-refractivity contribution < 1.29 is 14.6 Å². The Hall–Kier alpha value is -2.63. The van der Waals surface area contributed by atoms with Crippen LogP contribution < -0.4 is 10.4 Å². The first-order valence-electron chi connectivity index (χ1n) is 5.50. The van der Waals surface area contributed by atoms with Gasteiger partial charge in [0.2, 0.25) is 0 Å². The number of aromatic nitrogens is 2. The van der Waals surface area contributed by atoms with E-state index in [0.29, 0.717) is 11.3 Å². The van der Waals surface area contributed by atoms with Crippen LogP contribution in [-0.2, 0) is 0 Å². The predicted molar refractivity (Wildman–Crippen MR) is 68.5 cm³/mol. The van der Waals surface area contributed by atoms with E-state index in [2.05, 4.69) is 9.97 Å². The number of carboxylic acids is 1. The van der Waals surface area contributed by atoms with Crippen LogP contribution in [0.25, 0.3) is 11.3 Å². The van der Waals surface area contributed by atoms with Gasteiger partial charge < -0.3 is 14.8 Å². The van der Waals surface area contributed by atoms with Crippen molar-refractivity contribution in [3.8, 4) is 17.0 Å². The molecule has 0 fully saturated rings. The molecule has 98 valence electrons. The first-order valence-corrected chi connectivity index (χ1v) is 5.50. The summed E-state index contributed by atoms with van der Waals surface area (Å²) in [6.07, 6.45) is 1.04. The van der Waals surface area contributed by atoms with Gasteiger partial charge in [0, 0.05) is 11.8 Å². The van der Waals surface area contributed by atoms with Crippen LogP contribution in [0.3, 0.4) is 0 Å². The number of benzene rings is 1. The largest absolute Gasteiger partial charge is 0.496 e. The number of nitrogens with zero attached hydrogens (tertiary/aromatic N) is 1. The van der Waals surface area contributed by atoms with Crippen molar-refractivity contribution in [1.29, 1.82) is 0 Å². The molecule has 0 atom stereocenters. The van der Waals surface area contributed by atoms with Crippen molar-refractivity contribution in [1.82, 2.24) is 9.97 Å². The average Bonchev–Trinajstić information content (AvgIpc) is 2.38. The van der Waals surface area contributed by atoms with Gasteiger partial charge in [-0.25, -0.2) is 14.6 Å². The molecule has 0 saturated heterocycles. The summed E-state index contributed by atoms with van der Waals surface area (Å²) in [5, 5.41) is 9.15. The van der Waals surface area contributed by atoms with Gasteiger partial charge in [-0.1, -0.05) is 11.6 Å². The molecule has 2 N–H and O–H groups in total. The molecule has 1 aromatic heterocycles. The molecule has 2 aromatic rings. The predicted octanol–water partition coefficient (Wildman–Crippen LogP) is 1.45. The summed E-state index contributed by atoms with van der Waals surface area (Å²) in [6, 6.07) is 5.30. The number of rotatable bonds is 3. The highest BCUT2D eigenvalue weighted by Gasteiger charge is 2.17. The number of hydrogen-bond acceptors (Lipinski definition) is 4. The number of aromatic amines is 1. The van der Waals surface area contributed by atoms with Crippen LogP contribution in [0.2, 0.25) is 0 Å². The van der Waals surface area contributed by atoms with Gasteiger partial charge in [0.25, 0.3) is 0 Å². The summed E-state index contributed by atoms with van der Waals surface area (Å²) in [5.41, 5.74) is 0.935. The molecule has 0 amide bonds. The van der Waals surface area contributed by atoms with Crippen molar-refractivity contribution >= 4 is 5.97 Å². The van der Waals surface area contributed by atoms with Gasteiger partial charge in [0.15, 0.2) is 0 Å². The van der Waals surface area contributed by atoms with Crippen molar-refractivity contribution in [3.63, 3.8) is 0 Å². The Labute approximate surface area is 108 Å². The summed E-state index contributed by atoms with van der Waals surface area (Å²) >= 11 is 0. The number of carboxylic acid groups (broad SMARTS) is 1. The monoisotopic (exact) mass is 260 g/mol. The molecule has 0 bridgehead atoms. The fourth-order valence-corrected chi connectivity index (χ4v) is 1.79. The van der Waals surface area contributed by atoms with Gasteiger partial charge >= 0.3 is 11.7 Å². The molecule has 0 radical (unpaired) electrons. The Morgan fingerprint density at radius 1 is 1.42 bits per heavy atom. The number of aromatic carboxylic acids is 1. The van der Waals surface area contributed by atoms with Crippen LogP contribution in [0.1, 0.15) is 15.9 Å². The molecule has 6 nitrogen and oxygen atoms in total. The lowest BCUT2D eigenvalue weighted by atomic mass is 10.0. The van der Waals surface area contributed by atoms with Crippen LogP contribution in [0.4, 0.5) is 0 Å². The number of nitrogens with one attached hydrogen (secondary N) is 1. The Bertz CT molecular complexity index is 691. The zero-order valence-corrected chi connectivity index (χ0v) is 10.4.